The smallest absolute Gasteiger partial charge is 0.0931 e. The van der Waals surface area contributed by atoms with Gasteiger partial charge in [-0.25, -0.2) is 0 Å². The third kappa shape index (κ3) is 2.99. The number of fused-ring (bicyclic) bond motifs is 1. The topological polar surface area (TPSA) is 6.48 Å². The minimum absolute atomic E-state index is 0.690. The fourth-order valence-electron chi connectivity index (χ4n) is 3.56. The van der Waals surface area contributed by atoms with Crippen molar-refractivity contribution < 1.29 is 0 Å². The van der Waals surface area contributed by atoms with E-state index in [0.29, 0.717) is 6.04 Å². The molecule has 19 heavy (non-hydrogen) atoms. The summed E-state index contributed by atoms with van der Waals surface area (Å²) in [6, 6.07) is 5.70. The van der Waals surface area contributed by atoms with Gasteiger partial charge >= 0.3 is 0 Å². The summed E-state index contributed by atoms with van der Waals surface area (Å²) in [5, 5.41) is 0. The van der Waals surface area contributed by atoms with E-state index in [-0.39, 0.29) is 0 Å². The molecular formula is C15H23ClN2S. The second kappa shape index (κ2) is 5.72. The van der Waals surface area contributed by atoms with E-state index in [9.17, 15) is 0 Å². The molecule has 2 aliphatic heterocycles. The number of hydrogen-bond acceptors (Lipinski definition) is 3. The van der Waals surface area contributed by atoms with E-state index in [1.54, 1.807) is 11.3 Å². The summed E-state index contributed by atoms with van der Waals surface area (Å²) in [6.45, 7) is 9.59. The Morgan fingerprint density at radius 3 is 2.89 bits per heavy atom. The van der Waals surface area contributed by atoms with Crippen LogP contribution in [0.25, 0.3) is 0 Å². The quantitative estimate of drug-likeness (QED) is 0.839. The molecule has 2 nitrogen and oxygen atoms in total. The maximum Gasteiger partial charge on any atom is 0.0931 e. The standard InChI is InChI=1S/C15H23ClN2S/c1-11(2)14-10-17-7-3-4-12(17)8-18(14)9-13-5-6-15(16)19-13/h5-6,11-12,14H,3-4,7-10H2,1-2H3. The zero-order chi connectivity index (χ0) is 13.4. The minimum atomic E-state index is 0.690. The Bertz CT molecular complexity index is 432. The van der Waals surface area contributed by atoms with Gasteiger partial charge in [-0.3, -0.25) is 9.80 Å². The third-order valence-electron chi connectivity index (χ3n) is 4.59. The van der Waals surface area contributed by atoms with Crippen LogP contribution in [0.1, 0.15) is 31.6 Å². The molecule has 0 aromatic carbocycles. The molecule has 4 heteroatoms. The summed E-state index contributed by atoms with van der Waals surface area (Å²) < 4.78 is 0.913. The van der Waals surface area contributed by atoms with Gasteiger partial charge in [0, 0.05) is 36.6 Å². The fourth-order valence-corrected chi connectivity index (χ4v) is 4.67. The summed E-state index contributed by atoms with van der Waals surface area (Å²) in [5.41, 5.74) is 0. The number of nitrogens with zero attached hydrogens (tertiary/aromatic N) is 2. The van der Waals surface area contributed by atoms with Gasteiger partial charge in [0.15, 0.2) is 0 Å². The zero-order valence-electron chi connectivity index (χ0n) is 11.8. The molecule has 0 bridgehead atoms. The normalized spacial score (nSPS) is 29.1. The highest BCUT2D eigenvalue weighted by atomic mass is 35.5. The van der Waals surface area contributed by atoms with E-state index in [4.69, 9.17) is 11.6 Å². The summed E-state index contributed by atoms with van der Waals surface area (Å²) in [5.74, 6) is 0.719. The van der Waals surface area contributed by atoms with Crippen molar-refractivity contribution in [2.75, 3.05) is 19.6 Å². The molecule has 1 aromatic rings. The van der Waals surface area contributed by atoms with Crippen molar-refractivity contribution in [3.05, 3.63) is 21.3 Å². The van der Waals surface area contributed by atoms with E-state index >= 15 is 0 Å². The van der Waals surface area contributed by atoms with Crippen molar-refractivity contribution >= 4 is 22.9 Å². The van der Waals surface area contributed by atoms with Crippen molar-refractivity contribution in [3.63, 3.8) is 0 Å². The first-order valence-electron chi connectivity index (χ1n) is 7.36. The fraction of sp³-hybridized carbons (Fsp3) is 0.733. The van der Waals surface area contributed by atoms with Gasteiger partial charge in [0.1, 0.15) is 0 Å². The van der Waals surface area contributed by atoms with Crippen LogP contribution in [0.2, 0.25) is 4.34 Å². The number of rotatable bonds is 3. The average Bonchev–Trinajstić information content (AvgIpc) is 2.96. The Morgan fingerprint density at radius 2 is 2.21 bits per heavy atom. The van der Waals surface area contributed by atoms with E-state index in [0.717, 1.165) is 22.8 Å². The first-order chi connectivity index (χ1) is 9.13. The van der Waals surface area contributed by atoms with Crippen molar-refractivity contribution in [1.82, 2.24) is 9.80 Å². The lowest BCUT2D eigenvalue weighted by molar-refractivity contribution is 0.0246. The van der Waals surface area contributed by atoms with Crippen LogP contribution in [-0.4, -0.2) is 41.5 Å². The molecule has 0 radical (unpaired) electrons. The highest BCUT2D eigenvalue weighted by molar-refractivity contribution is 7.16. The van der Waals surface area contributed by atoms with Gasteiger partial charge in [0.05, 0.1) is 4.34 Å². The number of hydrogen-bond donors (Lipinski definition) is 0. The molecule has 0 amide bonds. The summed E-state index contributed by atoms with van der Waals surface area (Å²) in [7, 11) is 0. The predicted octanol–water partition coefficient (Wildman–Crippen LogP) is 3.71. The van der Waals surface area contributed by atoms with E-state index in [2.05, 4.69) is 29.7 Å². The zero-order valence-corrected chi connectivity index (χ0v) is 13.4. The number of halogens is 1. The van der Waals surface area contributed by atoms with Gasteiger partial charge in [0.2, 0.25) is 0 Å². The summed E-state index contributed by atoms with van der Waals surface area (Å²) in [4.78, 5) is 6.81. The van der Waals surface area contributed by atoms with Crippen molar-refractivity contribution in [1.29, 1.82) is 0 Å². The van der Waals surface area contributed by atoms with Crippen LogP contribution in [0.15, 0.2) is 12.1 Å². The first-order valence-corrected chi connectivity index (χ1v) is 8.55. The molecule has 1 aromatic heterocycles. The molecule has 3 heterocycles. The maximum atomic E-state index is 6.06. The molecule has 2 unspecified atom stereocenters. The minimum Gasteiger partial charge on any atom is -0.298 e. The Kier molecular flexibility index (Phi) is 4.18. The Hall–Kier alpha value is -0.0900. The largest absolute Gasteiger partial charge is 0.298 e. The lowest BCUT2D eigenvalue weighted by atomic mass is 9.97. The molecule has 2 aliphatic rings. The molecule has 0 aliphatic carbocycles. The van der Waals surface area contributed by atoms with Crippen LogP contribution < -0.4 is 0 Å². The summed E-state index contributed by atoms with van der Waals surface area (Å²) >= 11 is 7.79. The predicted molar refractivity (Wildman–Crippen MR) is 83.0 cm³/mol. The van der Waals surface area contributed by atoms with Gasteiger partial charge in [-0.1, -0.05) is 25.4 Å². The molecule has 3 rings (SSSR count). The van der Waals surface area contributed by atoms with Gasteiger partial charge in [-0.05, 0) is 37.4 Å². The SMILES string of the molecule is CC(C)C1CN2CCCC2CN1Cc1ccc(Cl)s1. The van der Waals surface area contributed by atoms with Crippen molar-refractivity contribution in [2.45, 2.75) is 45.3 Å². The molecule has 106 valence electrons. The van der Waals surface area contributed by atoms with Gasteiger partial charge in [-0.15, -0.1) is 11.3 Å². The molecule has 0 spiro atoms. The highest BCUT2D eigenvalue weighted by Crippen LogP contribution is 2.30. The molecule has 2 fully saturated rings. The van der Waals surface area contributed by atoms with Crippen LogP contribution in [0.4, 0.5) is 0 Å². The van der Waals surface area contributed by atoms with Crippen LogP contribution in [0.5, 0.6) is 0 Å². The molecular weight excluding hydrogens is 276 g/mol. The lowest BCUT2D eigenvalue weighted by Crippen LogP contribution is -2.57. The van der Waals surface area contributed by atoms with E-state index in [1.165, 1.54) is 37.4 Å². The van der Waals surface area contributed by atoms with Crippen molar-refractivity contribution in [3.8, 4) is 0 Å². The van der Waals surface area contributed by atoms with Crippen LogP contribution >= 0.6 is 22.9 Å². The number of thiophene rings is 1. The van der Waals surface area contributed by atoms with Gasteiger partial charge in [-0.2, -0.15) is 0 Å². The number of piperazine rings is 1. The average molecular weight is 299 g/mol. The Morgan fingerprint density at radius 1 is 1.37 bits per heavy atom. The lowest BCUT2D eigenvalue weighted by Gasteiger charge is -2.45. The molecule has 0 N–H and O–H groups in total. The Balaban J connectivity index is 1.73. The summed E-state index contributed by atoms with van der Waals surface area (Å²) in [6.07, 6.45) is 2.76. The van der Waals surface area contributed by atoms with Crippen LogP contribution in [-0.2, 0) is 6.54 Å². The van der Waals surface area contributed by atoms with Crippen molar-refractivity contribution in [2.24, 2.45) is 5.92 Å². The third-order valence-corrected chi connectivity index (χ3v) is 5.81. The van der Waals surface area contributed by atoms with Gasteiger partial charge in [0.25, 0.3) is 0 Å². The monoisotopic (exact) mass is 298 g/mol. The molecule has 2 atom stereocenters. The van der Waals surface area contributed by atoms with Crippen LogP contribution in [0.3, 0.4) is 0 Å². The molecule has 2 saturated heterocycles. The first kappa shape index (κ1) is 13.9. The van der Waals surface area contributed by atoms with Crippen LogP contribution in [0, 0.1) is 5.92 Å². The van der Waals surface area contributed by atoms with E-state index < -0.39 is 0 Å². The van der Waals surface area contributed by atoms with Gasteiger partial charge < -0.3 is 0 Å². The van der Waals surface area contributed by atoms with E-state index in [1.807, 2.05) is 6.07 Å². The maximum absolute atomic E-state index is 6.06. The molecule has 0 saturated carbocycles. The highest BCUT2D eigenvalue weighted by Gasteiger charge is 2.37. The second-order valence-corrected chi connectivity index (χ2v) is 8.04. The second-order valence-electron chi connectivity index (χ2n) is 6.24. The Labute approximate surface area is 125 Å².